The number of fused-ring (bicyclic) bond motifs is 1. The van der Waals surface area contributed by atoms with Gasteiger partial charge in [0.1, 0.15) is 23.2 Å². The summed E-state index contributed by atoms with van der Waals surface area (Å²) in [5.74, 6) is -0.517. The van der Waals surface area contributed by atoms with Gasteiger partial charge in [0, 0.05) is 48.9 Å². The van der Waals surface area contributed by atoms with Gasteiger partial charge in [0.2, 0.25) is 5.91 Å². The first-order valence-electron chi connectivity index (χ1n) is 12.2. The van der Waals surface area contributed by atoms with Crippen molar-refractivity contribution in [2.45, 2.75) is 32.2 Å². The van der Waals surface area contributed by atoms with Crippen LogP contribution < -0.4 is 10.6 Å². The maximum atomic E-state index is 15.2. The second kappa shape index (κ2) is 8.12. The molecule has 3 aromatic heterocycles. The lowest BCUT2D eigenvalue weighted by Gasteiger charge is -2.46. The molecule has 1 aliphatic carbocycles. The molecule has 0 atom stereocenters. The predicted molar refractivity (Wildman–Crippen MR) is 136 cm³/mol. The molecule has 0 spiro atoms. The van der Waals surface area contributed by atoms with Crippen molar-refractivity contribution in [3.63, 3.8) is 0 Å². The lowest BCUT2D eigenvalue weighted by atomic mass is 9.95. The van der Waals surface area contributed by atoms with Gasteiger partial charge < -0.3 is 15.5 Å². The zero-order valence-corrected chi connectivity index (χ0v) is 20.8. The minimum atomic E-state index is -1.07. The first-order chi connectivity index (χ1) is 17.7. The Morgan fingerprint density at radius 1 is 1.14 bits per heavy atom. The molecule has 2 N–H and O–H groups in total. The molecule has 6 rings (SSSR count). The number of aryl methyl sites for hydroxylation is 1. The third-order valence-corrected chi connectivity index (χ3v) is 7.31. The molecule has 1 aliphatic heterocycles. The lowest BCUT2D eigenvalue weighted by Crippen LogP contribution is -2.65. The number of rotatable bonds is 4. The zero-order valence-electron chi connectivity index (χ0n) is 20.8. The molecule has 10 nitrogen and oxygen atoms in total. The van der Waals surface area contributed by atoms with Crippen LogP contribution in [-0.2, 0) is 16.6 Å². The van der Waals surface area contributed by atoms with Crippen LogP contribution in [0.2, 0.25) is 0 Å². The van der Waals surface area contributed by atoms with Crippen LogP contribution >= 0.6 is 0 Å². The van der Waals surface area contributed by atoms with E-state index in [4.69, 9.17) is 5.73 Å². The summed E-state index contributed by atoms with van der Waals surface area (Å²) >= 11 is 0. The number of piperazine rings is 1. The Morgan fingerprint density at radius 2 is 1.92 bits per heavy atom. The maximum Gasteiger partial charge on any atom is 0.252 e. The van der Waals surface area contributed by atoms with E-state index in [0.717, 1.165) is 24.0 Å². The summed E-state index contributed by atoms with van der Waals surface area (Å²) in [4.78, 5) is 33.6. The fraction of sp³-hybridized carbons (Fsp3) is 0.346. The van der Waals surface area contributed by atoms with Gasteiger partial charge >= 0.3 is 0 Å². The molecular weight excluding hydrogens is 475 g/mol. The fourth-order valence-electron chi connectivity index (χ4n) is 5.13. The van der Waals surface area contributed by atoms with Gasteiger partial charge in [-0.05, 0) is 51.0 Å². The number of carbonyl (C=O) groups is 2. The fourth-order valence-corrected chi connectivity index (χ4v) is 5.13. The second-order valence-electron chi connectivity index (χ2n) is 10.2. The smallest absolute Gasteiger partial charge is 0.252 e. The van der Waals surface area contributed by atoms with Crippen molar-refractivity contribution in [2.24, 2.45) is 13.0 Å². The van der Waals surface area contributed by atoms with E-state index in [1.54, 1.807) is 46.3 Å². The SMILES string of the molecule is Cn1cc(-c2cc(-c3ccc(F)c(N4CCN(C(=O)C5CC5)C(C)(C)C4=O)c3)n3ncnc(N)c23)cn1. The van der Waals surface area contributed by atoms with Gasteiger partial charge in [-0.3, -0.25) is 14.3 Å². The highest BCUT2D eigenvalue weighted by atomic mass is 19.1. The van der Waals surface area contributed by atoms with E-state index in [1.807, 2.05) is 19.3 Å². The van der Waals surface area contributed by atoms with Crippen LogP contribution in [-0.4, -0.2) is 59.7 Å². The van der Waals surface area contributed by atoms with Crippen LogP contribution in [0, 0.1) is 11.7 Å². The molecule has 0 bridgehead atoms. The maximum absolute atomic E-state index is 15.2. The Labute approximate surface area is 212 Å². The van der Waals surface area contributed by atoms with Gasteiger partial charge in [0.05, 0.1) is 17.6 Å². The highest BCUT2D eigenvalue weighted by molar-refractivity contribution is 6.04. The lowest BCUT2D eigenvalue weighted by molar-refractivity contribution is -0.148. The topological polar surface area (TPSA) is 115 Å². The number of hydrogen-bond acceptors (Lipinski definition) is 6. The monoisotopic (exact) mass is 502 g/mol. The number of hydrogen-bond donors (Lipinski definition) is 1. The number of nitrogens with zero attached hydrogens (tertiary/aromatic N) is 7. The predicted octanol–water partition coefficient (Wildman–Crippen LogP) is 2.88. The van der Waals surface area contributed by atoms with E-state index >= 15 is 4.39 Å². The number of nitrogens with two attached hydrogens (primary N) is 1. The summed E-state index contributed by atoms with van der Waals surface area (Å²) in [7, 11) is 1.82. The number of halogens is 1. The van der Waals surface area contributed by atoms with Crippen molar-refractivity contribution in [3.8, 4) is 22.4 Å². The molecule has 11 heteroatoms. The van der Waals surface area contributed by atoms with Crippen LogP contribution in [0.5, 0.6) is 0 Å². The van der Waals surface area contributed by atoms with Crippen LogP contribution in [0.25, 0.3) is 27.9 Å². The molecule has 0 radical (unpaired) electrons. The molecule has 37 heavy (non-hydrogen) atoms. The van der Waals surface area contributed by atoms with Crippen LogP contribution in [0.1, 0.15) is 26.7 Å². The molecule has 2 amide bonds. The summed E-state index contributed by atoms with van der Waals surface area (Å²) in [6, 6.07) is 6.55. The third-order valence-electron chi connectivity index (χ3n) is 7.31. The van der Waals surface area contributed by atoms with Crippen molar-refractivity contribution >= 4 is 28.8 Å². The summed E-state index contributed by atoms with van der Waals surface area (Å²) in [5.41, 5.74) is 8.88. The van der Waals surface area contributed by atoms with Crippen molar-refractivity contribution in [3.05, 3.63) is 48.8 Å². The molecular formula is C26H27FN8O2. The highest BCUT2D eigenvalue weighted by Crippen LogP contribution is 2.39. The largest absolute Gasteiger partial charge is 0.382 e. The number of nitrogen functional groups attached to an aromatic ring is 1. The van der Waals surface area contributed by atoms with Gasteiger partial charge in [0.25, 0.3) is 5.91 Å². The van der Waals surface area contributed by atoms with Crippen molar-refractivity contribution in [1.29, 1.82) is 0 Å². The molecule has 1 saturated carbocycles. The van der Waals surface area contributed by atoms with E-state index in [1.165, 1.54) is 17.3 Å². The molecule has 4 aromatic rings. The van der Waals surface area contributed by atoms with Crippen molar-refractivity contribution in [2.75, 3.05) is 23.7 Å². The van der Waals surface area contributed by atoms with Gasteiger partial charge in [-0.1, -0.05) is 0 Å². The van der Waals surface area contributed by atoms with E-state index < -0.39 is 11.4 Å². The highest BCUT2D eigenvalue weighted by Gasteiger charge is 2.48. The Hall–Kier alpha value is -4.28. The quantitative estimate of drug-likeness (QED) is 0.459. The van der Waals surface area contributed by atoms with Crippen molar-refractivity contribution < 1.29 is 14.0 Å². The van der Waals surface area contributed by atoms with Gasteiger partial charge in [0.15, 0.2) is 5.82 Å². The van der Waals surface area contributed by atoms with Crippen molar-refractivity contribution in [1.82, 2.24) is 29.3 Å². The van der Waals surface area contributed by atoms with Gasteiger partial charge in [-0.25, -0.2) is 13.9 Å². The van der Waals surface area contributed by atoms with Gasteiger partial charge in [-0.2, -0.15) is 10.2 Å². The third kappa shape index (κ3) is 3.64. The first-order valence-corrected chi connectivity index (χ1v) is 12.2. The van der Waals surface area contributed by atoms with Crippen LogP contribution in [0.15, 0.2) is 43.0 Å². The molecule has 190 valence electrons. The number of amides is 2. The second-order valence-corrected chi connectivity index (χ2v) is 10.2. The van der Waals surface area contributed by atoms with Gasteiger partial charge in [-0.15, -0.1) is 0 Å². The molecule has 2 fully saturated rings. The minimum Gasteiger partial charge on any atom is -0.382 e. The summed E-state index contributed by atoms with van der Waals surface area (Å²) in [5, 5.41) is 8.66. The Bertz CT molecular complexity index is 1570. The Kier molecular flexibility index (Phi) is 5.08. The number of anilines is 2. The standard InChI is InChI=1S/C26H27FN8O2/c1-26(2)25(37)33(8-9-34(26)24(36)15-4-5-15)21-10-16(6-7-19(21)27)20-11-18(17-12-30-32(3)13-17)22-23(28)29-14-31-35(20)22/h6-7,10-15H,4-5,8-9H2,1-3H3,(H2,28,29,31). The Morgan fingerprint density at radius 3 is 2.62 bits per heavy atom. The molecule has 4 heterocycles. The van der Waals surface area contributed by atoms with E-state index in [9.17, 15) is 9.59 Å². The average molecular weight is 503 g/mol. The van der Waals surface area contributed by atoms with Crippen LogP contribution in [0.4, 0.5) is 15.9 Å². The number of carbonyl (C=O) groups excluding carboxylic acids is 2. The molecule has 1 saturated heterocycles. The Balaban J connectivity index is 1.42. The van der Waals surface area contributed by atoms with E-state index in [0.29, 0.717) is 29.1 Å². The summed E-state index contributed by atoms with van der Waals surface area (Å²) in [6.45, 7) is 4.01. The summed E-state index contributed by atoms with van der Waals surface area (Å²) < 4.78 is 18.6. The molecule has 2 aliphatic rings. The molecule has 0 unspecified atom stereocenters. The number of aromatic nitrogens is 5. The normalized spacial score (nSPS) is 17.6. The first kappa shape index (κ1) is 23.1. The minimum absolute atomic E-state index is 0.00442. The summed E-state index contributed by atoms with van der Waals surface area (Å²) in [6.07, 6.45) is 6.68. The van der Waals surface area contributed by atoms with Crippen LogP contribution in [0.3, 0.4) is 0 Å². The molecule has 1 aromatic carbocycles. The van der Waals surface area contributed by atoms with E-state index in [2.05, 4.69) is 15.2 Å². The zero-order chi connectivity index (χ0) is 26.1. The van der Waals surface area contributed by atoms with E-state index in [-0.39, 0.29) is 30.0 Å². The average Bonchev–Trinajstić information content (AvgIpc) is 3.51. The number of benzene rings is 1.